The van der Waals surface area contributed by atoms with Crippen molar-refractivity contribution in [2.24, 2.45) is 4.99 Å². The number of nitrogens with zero attached hydrogens (tertiary/aromatic N) is 3. The first kappa shape index (κ1) is 23.2. The highest BCUT2D eigenvalue weighted by molar-refractivity contribution is 14.0. The monoisotopic (exact) mass is 520 g/mol. The second kappa shape index (κ2) is 11.8. The second-order valence-corrected chi connectivity index (χ2v) is 7.44. The van der Waals surface area contributed by atoms with Crippen molar-refractivity contribution in [3.63, 3.8) is 0 Å². The van der Waals surface area contributed by atoms with Gasteiger partial charge in [-0.25, -0.2) is 0 Å². The van der Waals surface area contributed by atoms with Crippen molar-refractivity contribution in [2.45, 2.75) is 32.3 Å². The average Bonchev–Trinajstić information content (AvgIpc) is 3.19. The highest BCUT2D eigenvalue weighted by Crippen LogP contribution is 2.14. The van der Waals surface area contributed by atoms with Crippen molar-refractivity contribution in [3.05, 3.63) is 34.9 Å². The van der Waals surface area contributed by atoms with E-state index in [4.69, 9.17) is 21.3 Å². The van der Waals surface area contributed by atoms with Crippen LogP contribution in [-0.4, -0.2) is 73.6 Å². The molecule has 8 heteroatoms. The fourth-order valence-corrected chi connectivity index (χ4v) is 3.72. The maximum absolute atomic E-state index is 12.6. The van der Waals surface area contributed by atoms with E-state index in [2.05, 4.69) is 17.1 Å². The molecule has 2 aliphatic rings. The smallest absolute Gasteiger partial charge is 0.227 e. The molecule has 1 atom stereocenters. The fraction of sp³-hybridized carbons (Fsp3) is 0.600. The number of ether oxygens (including phenoxy) is 1. The Kier molecular flexibility index (Phi) is 9.81. The molecular formula is C20H30ClIN4O2. The van der Waals surface area contributed by atoms with E-state index in [-0.39, 0.29) is 36.0 Å². The van der Waals surface area contributed by atoms with E-state index in [0.717, 1.165) is 50.6 Å². The summed E-state index contributed by atoms with van der Waals surface area (Å²) in [7, 11) is 0. The number of piperazine rings is 1. The molecule has 1 amide bonds. The lowest BCUT2D eigenvalue weighted by Crippen LogP contribution is -2.54. The minimum absolute atomic E-state index is 0. The Morgan fingerprint density at radius 2 is 2.04 bits per heavy atom. The van der Waals surface area contributed by atoms with Gasteiger partial charge in [0.2, 0.25) is 5.91 Å². The first-order chi connectivity index (χ1) is 13.2. The Labute approximate surface area is 189 Å². The number of amides is 1. The van der Waals surface area contributed by atoms with E-state index in [1.807, 2.05) is 29.2 Å². The molecule has 2 fully saturated rings. The van der Waals surface area contributed by atoms with Crippen molar-refractivity contribution in [1.29, 1.82) is 0 Å². The van der Waals surface area contributed by atoms with E-state index >= 15 is 0 Å². The zero-order chi connectivity index (χ0) is 19.1. The number of carbonyl (C=O) groups is 1. The molecule has 156 valence electrons. The van der Waals surface area contributed by atoms with Crippen LogP contribution in [0.3, 0.4) is 0 Å². The molecular weight excluding hydrogens is 491 g/mol. The summed E-state index contributed by atoms with van der Waals surface area (Å²) in [6.45, 7) is 7.47. The first-order valence-corrected chi connectivity index (χ1v) is 10.2. The Bertz CT molecular complexity index is 659. The topological polar surface area (TPSA) is 57.2 Å². The van der Waals surface area contributed by atoms with Crippen LogP contribution in [0.2, 0.25) is 5.02 Å². The lowest BCUT2D eigenvalue weighted by molar-refractivity contribution is -0.131. The number of guanidine groups is 1. The normalized spacial score (nSPS) is 20.1. The van der Waals surface area contributed by atoms with Crippen LogP contribution in [0, 0.1) is 0 Å². The Hall–Kier alpha value is -1.06. The summed E-state index contributed by atoms with van der Waals surface area (Å²) in [4.78, 5) is 21.5. The summed E-state index contributed by atoms with van der Waals surface area (Å²) in [6.07, 6.45) is 2.87. The molecule has 2 heterocycles. The molecule has 28 heavy (non-hydrogen) atoms. The van der Waals surface area contributed by atoms with E-state index < -0.39 is 0 Å². The number of rotatable bonds is 5. The molecule has 1 aromatic carbocycles. The number of benzene rings is 1. The number of aliphatic imine (C=N–C) groups is 1. The number of nitrogens with one attached hydrogen (secondary N) is 1. The Morgan fingerprint density at radius 3 is 2.68 bits per heavy atom. The van der Waals surface area contributed by atoms with Crippen LogP contribution in [0.4, 0.5) is 0 Å². The summed E-state index contributed by atoms with van der Waals surface area (Å²) in [5.74, 6) is 1.08. The van der Waals surface area contributed by atoms with E-state index in [9.17, 15) is 4.79 Å². The molecule has 1 N–H and O–H groups in total. The fourth-order valence-electron chi connectivity index (χ4n) is 3.50. The molecule has 0 bridgehead atoms. The molecule has 6 nitrogen and oxygen atoms in total. The van der Waals surface area contributed by atoms with Gasteiger partial charge in [-0.05, 0) is 37.5 Å². The number of halogens is 2. The highest BCUT2D eigenvalue weighted by atomic mass is 127. The van der Waals surface area contributed by atoms with Crippen LogP contribution in [0.1, 0.15) is 25.3 Å². The summed E-state index contributed by atoms with van der Waals surface area (Å²) < 4.78 is 5.67. The Balaban J connectivity index is 0.00000280. The zero-order valence-corrected chi connectivity index (χ0v) is 19.5. The van der Waals surface area contributed by atoms with E-state index in [1.54, 1.807) is 0 Å². The molecule has 0 spiro atoms. The van der Waals surface area contributed by atoms with Crippen LogP contribution < -0.4 is 5.32 Å². The maximum atomic E-state index is 12.6. The largest absolute Gasteiger partial charge is 0.376 e. The summed E-state index contributed by atoms with van der Waals surface area (Å²) in [5.41, 5.74) is 0.960. The third-order valence-electron chi connectivity index (χ3n) is 4.98. The van der Waals surface area contributed by atoms with Crippen LogP contribution in [0.5, 0.6) is 0 Å². The molecule has 2 aliphatic heterocycles. The van der Waals surface area contributed by atoms with Gasteiger partial charge >= 0.3 is 0 Å². The first-order valence-electron chi connectivity index (χ1n) is 9.83. The standard InChI is InChI=1S/C20H29ClN4O2.HI/c1-2-22-20(23-15-18-7-4-12-27-18)25-10-8-24(9-11-25)19(26)14-16-5-3-6-17(21)13-16;/h3,5-6,13,18H,2,4,7-12,14-15H2,1H3,(H,22,23);1H. The summed E-state index contributed by atoms with van der Waals surface area (Å²) in [6, 6.07) is 7.51. The predicted molar refractivity (Wildman–Crippen MR) is 124 cm³/mol. The number of hydrogen-bond donors (Lipinski definition) is 1. The molecule has 3 rings (SSSR count). The van der Waals surface area contributed by atoms with Gasteiger partial charge in [0, 0.05) is 44.4 Å². The van der Waals surface area contributed by atoms with Gasteiger partial charge in [-0.2, -0.15) is 0 Å². The zero-order valence-electron chi connectivity index (χ0n) is 16.4. The lowest BCUT2D eigenvalue weighted by Gasteiger charge is -2.36. The SMILES string of the molecule is CCNC(=NCC1CCCO1)N1CCN(C(=O)Cc2cccc(Cl)c2)CC1.I. The summed E-state index contributed by atoms with van der Waals surface area (Å²) in [5, 5.41) is 4.04. The molecule has 0 radical (unpaired) electrons. The second-order valence-electron chi connectivity index (χ2n) is 7.00. The third-order valence-corrected chi connectivity index (χ3v) is 5.21. The number of hydrogen-bond acceptors (Lipinski definition) is 3. The van der Waals surface area contributed by atoms with Crippen LogP contribution in [-0.2, 0) is 16.0 Å². The predicted octanol–water partition coefficient (Wildman–Crippen LogP) is 2.79. The van der Waals surface area contributed by atoms with E-state index in [1.165, 1.54) is 0 Å². The quantitative estimate of drug-likeness (QED) is 0.369. The maximum Gasteiger partial charge on any atom is 0.227 e. The lowest BCUT2D eigenvalue weighted by atomic mass is 10.1. The highest BCUT2D eigenvalue weighted by Gasteiger charge is 2.23. The van der Waals surface area contributed by atoms with Crippen molar-refractivity contribution in [1.82, 2.24) is 15.1 Å². The molecule has 2 saturated heterocycles. The average molecular weight is 521 g/mol. The van der Waals surface area contributed by atoms with Crippen molar-refractivity contribution < 1.29 is 9.53 Å². The van der Waals surface area contributed by atoms with Crippen LogP contribution in [0.15, 0.2) is 29.3 Å². The van der Waals surface area contributed by atoms with Gasteiger partial charge in [0.1, 0.15) is 0 Å². The Morgan fingerprint density at radius 1 is 1.29 bits per heavy atom. The van der Waals surface area contributed by atoms with Crippen LogP contribution in [0.25, 0.3) is 0 Å². The minimum Gasteiger partial charge on any atom is -0.376 e. The van der Waals surface area contributed by atoms with Crippen molar-refractivity contribution >= 4 is 47.4 Å². The van der Waals surface area contributed by atoms with Gasteiger partial charge in [0.05, 0.1) is 19.1 Å². The van der Waals surface area contributed by atoms with E-state index in [0.29, 0.717) is 31.1 Å². The summed E-state index contributed by atoms with van der Waals surface area (Å²) >= 11 is 6.01. The van der Waals surface area contributed by atoms with Gasteiger partial charge in [-0.15, -0.1) is 24.0 Å². The molecule has 1 aromatic rings. The molecule has 0 aromatic heterocycles. The molecule has 0 saturated carbocycles. The van der Waals surface area contributed by atoms with Gasteiger partial charge in [-0.1, -0.05) is 23.7 Å². The van der Waals surface area contributed by atoms with Gasteiger partial charge in [-0.3, -0.25) is 9.79 Å². The molecule has 1 unspecified atom stereocenters. The van der Waals surface area contributed by atoms with Gasteiger partial charge in [0.25, 0.3) is 0 Å². The van der Waals surface area contributed by atoms with Crippen molar-refractivity contribution in [3.8, 4) is 0 Å². The number of carbonyl (C=O) groups excluding carboxylic acids is 1. The minimum atomic E-state index is 0. The van der Waals surface area contributed by atoms with Gasteiger partial charge in [0.15, 0.2) is 5.96 Å². The van der Waals surface area contributed by atoms with Gasteiger partial charge < -0.3 is 19.9 Å². The van der Waals surface area contributed by atoms with Crippen LogP contribution >= 0.6 is 35.6 Å². The molecule has 0 aliphatic carbocycles. The third kappa shape index (κ3) is 6.77. The van der Waals surface area contributed by atoms with Crippen molar-refractivity contribution in [2.75, 3.05) is 45.9 Å².